The number of aliphatic hydroxyl groups is 1. The molecule has 20 heavy (non-hydrogen) atoms. The zero-order chi connectivity index (χ0) is 15.1. The fourth-order valence-electron chi connectivity index (χ4n) is 1.61. The lowest BCUT2D eigenvalue weighted by Crippen LogP contribution is -2.31. The second-order valence-corrected chi connectivity index (χ2v) is 4.02. The first-order valence-electron chi connectivity index (χ1n) is 5.93. The predicted octanol–water partition coefficient (Wildman–Crippen LogP) is 1.03. The number of rotatable bonds is 5. The second kappa shape index (κ2) is 7.08. The minimum Gasteiger partial charge on any atom is -0.507 e. The third kappa shape index (κ3) is 3.94. The Morgan fingerprint density at radius 3 is 2.45 bits per heavy atom. The Morgan fingerprint density at radius 1 is 1.20 bits per heavy atom. The monoisotopic (exact) mass is 277 g/mol. The molecule has 6 nitrogen and oxygen atoms in total. The van der Waals surface area contributed by atoms with Crippen LogP contribution in [0.15, 0.2) is 47.8 Å². The Hall–Kier alpha value is -2.63. The molecule has 1 aliphatic heterocycles. The number of carboxylic acid groups (broad SMARTS) is 1. The minimum atomic E-state index is -1.20. The van der Waals surface area contributed by atoms with Gasteiger partial charge in [0.05, 0.1) is 6.42 Å². The highest BCUT2D eigenvalue weighted by molar-refractivity contribution is 6.27. The second-order valence-electron chi connectivity index (χ2n) is 4.02. The topological polar surface area (TPSA) is 104 Å². The lowest BCUT2D eigenvalue weighted by Gasteiger charge is -2.02. The van der Waals surface area contributed by atoms with E-state index >= 15 is 0 Å². The molecule has 1 heterocycles. The molecule has 106 valence electrons. The quantitative estimate of drug-likeness (QED) is 0.301. The first kappa shape index (κ1) is 15.4. The van der Waals surface area contributed by atoms with Gasteiger partial charge in [-0.2, -0.15) is 0 Å². The maximum atomic E-state index is 11.8. The zero-order valence-electron chi connectivity index (χ0n) is 10.9. The van der Waals surface area contributed by atoms with E-state index in [0.717, 1.165) is 0 Å². The van der Waals surface area contributed by atoms with Crippen LogP contribution in [-0.4, -0.2) is 33.9 Å². The third-order valence-corrected chi connectivity index (χ3v) is 2.51. The van der Waals surface area contributed by atoms with Crippen LogP contribution < -0.4 is 5.32 Å². The number of carbonyl (C=O) groups excluding carboxylic acids is 2. The van der Waals surface area contributed by atoms with Gasteiger partial charge in [0.25, 0.3) is 5.91 Å². The molecule has 0 aliphatic carbocycles. The molecule has 1 aliphatic rings. The van der Waals surface area contributed by atoms with Crippen molar-refractivity contribution in [2.24, 2.45) is 0 Å². The number of Topliss-reactive ketones (excluding diaryl/α,β-unsaturated/α-hetero) is 1. The number of allylic oxidation sites excluding steroid dienone is 6. The Morgan fingerprint density at radius 2 is 1.85 bits per heavy atom. The maximum Gasteiger partial charge on any atom is 0.305 e. The van der Waals surface area contributed by atoms with Crippen molar-refractivity contribution in [1.29, 1.82) is 0 Å². The fourth-order valence-corrected chi connectivity index (χ4v) is 1.61. The van der Waals surface area contributed by atoms with Gasteiger partial charge in [0, 0.05) is 0 Å². The molecule has 0 aromatic heterocycles. The Balaban J connectivity index is 2.87. The summed E-state index contributed by atoms with van der Waals surface area (Å²) in [6, 6.07) is -1.12. The predicted molar refractivity (Wildman–Crippen MR) is 71.9 cm³/mol. The van der Waals surface area contributed by atoms with E-state index in [1.54, 1.807) is 18.2 Å². The summed E-state index contributed by atoms with van der Waals surface area (Å²) in [6.45, 7) is 1.84. The summed E-state index contributed by atoms with van der Waals surface area (Å²) in [7, 11) is 0. The highest BCUT2D eigenvalue weighted by Crippen LogP contribution is 2.16. The van der Waals surface area contributed by atoms with Gasteiger partial charge < -0.3 is 15.5 Å². The van der Waals surface area contributed by atoms with Crippen molar-refractivity contribution in [3.63, 3.8) is 0 Å². The van der Waals surface area contributed by atoms with Gasteiger partial charge in [-0.3, -0.25) is 14.4 Å². The highest BCUT2D eigenvalue weighted by atomic mass is 16.4. The molecule has 0 saturated carbocycles. The summed E-state index contributed by atoms with van der Waals surface area (Å²) in [5.41, 5.74) is -0.410. The summed E-state index contributed by atoms with van der Waals surface area (Å²) in [6.07, 6.45) is 9.06. The van der Waals surface area contributed by atoms with Gasteiger partial charge in [-0.05, 0) is 13.0 Å². The van der Waals surface area contributed by atoms with Crippen molar-refractivity contribution in [2.45, 2.75) is 19.4 Å². The van der Waals surface area contributed by atoms with Crippen molar-refractivity contribution in [3.8, 4) is 0 Å². The molecule has 3 N–H and O–H groups in total. The SMILES string of the molecule is CC=CC=CC=CC(O)=C1C(=O)NC(CC(=O)O)C1=O. The molecule has 1 atom stereocenters. The van der Waals surface area contributed by atoms with Crippen LogP contribution in [0.2, 0.25) is 0 Å². The van der Waals surface area contributed by atoms with Crippen LogP contribution >= 0.6 is 0 Å². The number of nitrogens with one attached hydrogen (secondary N) is 1. The van der Waals surface area contributed by atoms with Gasteiger partial charge in [-0.1, -0.05) is 30.4 Å². The smallest absolute Gasteiger partial charge is 0.305 e. The van der Waals surface area contributed by atoms with E-state index in [2.05, 4.69) is 5.32 Å². The molecule has 0 aromatic carbocycles. The molecule has 1 saturated heterocycles. The molecule has 1 rings (SSSR count). The molecule has 1 amide bonds. The molecular weight excluding hydrogens is 262 g/mol. The van der Waals surface area contributed by atoms with Gasteiger partial charge in [0.15, 0.2) is 5.78 Å². The standard InChI is InChI=1S/C14H15NO5/c1-2-3-4-5-6-7-10(16)12-13(19)9(8-11(17)18)15-14(12)20/h2-7,9,16H,8H2,1H3,(H,15,20)(H,17,18). The Labute approximate surface area is 115 Å². The lowest BCUT2D eigenvalue weighted by molar-refractivity contribution is -0.138. The third-order valence-electron chi connectivity index (χ3n) is 2.51. The van der Waals surface area contributed by atoms with E-state index in [0.29, 0.717) is 0 Å². The van der Waals surface area contributed by atoms with Crippen molar-refractivity contribution >= 4 is 17.7 Å². The number of amides is 1. The number of aliphatic carboxylic acids is 1. The van der Waals surface area contributed by atoms with Crippen LogP contribution in [0.5, 0.6) is 0 Å². The van der Waals surface area contributed by atoms with E-state index in [-0.39, 0.29) is 0 Å². The van der Waals surface area contributed by atoms with Gasteiger partial charge in [-0.25, -0.2) is 0 Å². The summed E-state index contributed by atoms with van der Waals surface area (Å²) < 4.78 is 0. The minimum absolute atomic E-state index is 0.410. The number of ketones is 1. The van der Waals surface area contributed by atoms with E-state index < -0.39 is 41.5 Å². The summed E-state index contributed by atoms with van der Waals surface area (Å²) in [5.74, 6) is -3.16. The van der Waals surface area contributed by atoms with Crippen LogP contribution in [0.4, 0.5) is 0 Å². The van der Waals surface area contributed by atoms with Crippen LogP contribution in [-0.2, 0) is 14.4 Å². The fraction of sp³-hybridized carbons (Fsp3) is 0.214. The molecule has 1 unspecified atom stereocenters. The normalized spacial score (nSPS) is 22.1. The molecule has 6 heteroatoms. The van der Waals surface area contributed by atoms with Crippen molar-refractivity contribution in [3.05, 3.63) is 47.8 Å². The van der Waals surface area contributed by atoms with Crippen molar-refractivity contribution < 1.29 is 24.6 Å². The lowest BCUT2D eigenvalue weighted by atomic mass is 10.1. The number of carbonyl (C=O) groups is 3. The average molecular weight is 277 g/mol. The van der Waals surface area contributed by atoms with Crippen molar-refractivity contribution in [1.82, 2.24) is 5.32 Å². The summed E-state index contributed by atoms with van der Waals surface area (Å²) in [4.78, 5) is 33.9. The van der Waals surface area contributed by atoms with Gasteiger partial charge in [0.1, 0.15) is 17.4 Å². The van der Waals surface area contributed by atoms with Gasteiger partial charge in [-0.15, -0.1) is 0 Å². The van der Waals surface area contributed by atoms with Crippen LogP contribution in [0, 0.1) is 0 Å². The first-order valence-corrected chi connectivity index (χ1v) is 5.93. The number of hydrogen-bond donors (Lipinski definition) is 3. The maximum absolute atomic E-state index is 11.8. The largest absolute Gasteiger partial charge is 0.507 e. The summed E-state index contributed by atoms with van der Waals surface area (Å²) in [5, 5.41) is 20.6. The van der Waals surface area contributed by atoms with Crippen LogP contribution in [0.25, 0.3) is 0 Å². The first-order chi connectivity index (χ1) is 9.47. The van der Waals surface area contributed by atoms with Crippen molar-refractivity contribution in [2.75, 3.05) is 0 Å². The van der Waals surface area contributed by atoms with E-state index in [1.807, 2.05) is 13.0 Å². The summed E-state index contributed by atoms with van der Waals surface area (Å²) >= 11 is 0. The molecular formula is C14H15NO5. The number of hydrogen-bond acceptors (Lipinski definition) is 4. The molecule has 0 bridgehead atoms. The van der Waals surface area contributed by atoms with Gasteiger partial charge >= 0.3 is 5.97 Å². The number of carboxylic acids is 1. The van der Waals surface area contributed by atoms with E-state index in [1.165, 1.54) is 12.2 Å². The molecule has 0 aromatic rings. The van der Waals surface area contributed by atoms with E-state index in [4.69, 9.17) is 5.11 Å². The van der Waals surface area contributed by atoms with E-state index in [9.17, 15) is 19.5 Å². The van der Waals surface area contributed by atoms with Crippen LogP contribution in [0.3, 0.4) is 0 Å². The Bertz CT molecular complexity index is 540. The molecule has 0 radical (unpaired) electrons. The average Bonchev–Trinajstić information content (AvgIpc) is 2.63. The zero-order valence-corrected chi connectivity index (χ0v) is 10.9. The Kier molecular flexibility index (Phi) is 5.46. The highest BCUT2D eigenvalue weighted by Gasteiger charge is 2.38. The van der Waals surface area contributed by atoms with Gasteiger partial charge in [0.2, 0.25) is 0 Å². The molecule has 0 spiro atoms. The molecule has 1 fully saturated rings. The number of aliphatic hydroxyl groups excluding tert-OH is 1. The van der Waals surface area contributed by atoms with Crippen LogP contribution in [0.1, 0.15) is 13.3 Å².